The molecule has 5 aromatic rings. The van der Waals surface area contributed by atoms with Gasteiger partial charge in [0.05, 0.1) is 36.1 Å². The molecule has 2 aromatic heterocycles. The molecule has 1 fully saturated rings. The van der Waals surface area contributed by atoms with Gasteiger partial charge in [-0.1, -0.05) is 29.8 Å². The number of rotatable bonds is 12. The van der Waals surface area contributed by atoms with Crippen molar-refractivity contribution in [1.29, 1.82) is 0 Å². The fourth-order valence-electron chi connectivity index (χ4n) is 5.95. The molecule has 0 atom stereocenters. The molecule has 0 amide bonds. The molecule has 244 valence electrons. The molecule has 1 saturated heterocycles. The number of carboxylic acid groups (broad SMARTS) is 1. The quantitative estimate of drug-likeness (QED) is 0.142. The average Bonchev–Trinajstić information content (AvgIpc) is 3.65. The zero-order valence-electron chi connectivity index (χ0n) is 26.4. The predicted molar refractivity (Wildman–Crippen MR) is 179 cm³/mol. The zero-order chi connectivity index (χ0) is 32.9. The van der Waals surface area contributed by atoms with Crippen LogP contribution in [-0.2, 0) is 31.0 Å². The van der Waals surface area contributed by atoms with E-state index in [1.165, 1.54) is 18.2 Å². The minimum atomic E-state index is -0.969. The number of aryl methyl sites for hydroxylation is 1. The van der Waals surface area contributed by atoms with Crippen molar-refractivity contribution in [3.8, 4) is 11.5 Å². The number of carboxylic acids is 1. The highest BCUT2D eigenvalue weighted by atomic mass is 35.5. The smallest absolute Gasteiger partial charge is 0.328 e. The van der Waals surface area contributed by atoms with Crippen LogP contribution in [0.3, 0.4) is 0 Å². The van der Waals surface area contributed by atoms with Gasteiger partial charge >= 0.3 is 5.97 Å². The Bertz CT molecular complexity index is 1910. The number of hydrogen-bond donors (Lipinski definition) is 1. The summed E-state index contributed by atoms with van der Waals surface area (Å²) in [5.74, 6) is 0.405. The van der Waals surface area contributed by atoms with Crippen molar-refractivity contribution in [2.75, 3.05) is 13.1 Å². The van der Waals surface area contributed by atoms with Crippen LogP contribution < -0.4 is 9.47 Å². The number of allylic oxidation sites excluding steroid dienone is 1. The minimum Gasteiger partial charge on any atom is -0.490 e. The van der Waals surface area contributed by atoms with Crippen molar-refractivity contribution >= 4 is 34.2 Å². The fourth-order valence-corrected chi connectivity index (χ4v) is 6.11. The van der Waals surface area contributed by atoms with E-state index >= 15 is 0 Å². The molecule has 0 spiro atoms. The third-order valence-corrected chi connectivity index (χ3v) is 8.71. The van der Waals surface area contributed by atoms with Crippen LogP contribution in [0.1, 0.15) is 49.3 Å². The van der Waals surface area contributed by atoms with Gasteiger partial charge in [0.25, 0.3) is 0 Å². The lowest BCUT2D eigenvalue weighted by Crippen LogP contribution is -2.38. The van der Waals surface area contributed by atoms with Crippen molar-refractivity contribution in [3.63, 3.8) is 0 Å². The maximum atomic E-state index is 14.1. The van der Waals surface area contributed by atoms with Crippen LogP contribution in [0, 0.1) is 5.82 Å². The summed E-state index contributed by atoms with van der Waals surface area (Å²) in [4.78, 5) is 23.1. The van der Waals surface area contributed by atoms with Gasteiger partial charge in [-0.05, 0) is 85.9 Å². The van der Waals surface area contributed by atoms with E-state index < -0.39 is 11.8 Å². The Morgan fingerprint density at radius 1 is 1.11 bits per heavy atom. The third kappa shape index (κ3) is 7.84. The van der Waals surface area contributed by atoms with Crippen molar-refractivity contribution in [2.24, 2.45) is 0 Å². The summed E-state index contributed by atoms with van der Waals surface area (Å²) in [7, 11) is 0. The molecule has 0 bridgehead atoms. The van der Waals surface area contributed by atoms with Gasteiger partial charge in [-0.2, -0.15) is 0 Å². The number of likely N-dealkylation sites (tertiary alicyclic amines) is 1. The minimum absolute atomic E-state index is 0.0698. The van der Waals surface area contributed by atoms with E-state index in [0.29, 0.717) is 23.7 Å². The molecule has 0 aliphatic carbocycles. The number of aromatic nitrogens is 4. The highest BCUT2D eigenvalue weighted by Gasteiger charge is 2.23. The number of aliphatic carboxylic acids is 1. The van der Waals surface area contributed by atoms with E-state index in [1.807, 2.05) is 61.9 Å². The molecule has 1 N–H and O–H groups in total. The van der Waals surface area contributed by atoms with Crippen LogP contribution in [0.5, 0.6) is 11.5 Å². The Balaban J connectivity index is 1.12. The van der Waals surface area contributed by atoms with Gasteiger partial charge in [-0.15, -0.1) is 0 Å². The van der Waals surface area contributed by atoms with Crippen LogP contribution in [0.4, 0.5) is 4.39 Å². The normalized spacial score (nSPS) is 14.5. The van der Waals surface area contributed by atoms with Crippen LogP contribution in [-0.4, -0.2) is 54.3 Å². The summed E-state index contributed by atoms with van der Waals surface area (Å²) >= 11 is 5.84. The third-order valence-electron chi connectivity index (χ3n) is 8.47. The van der Waals surface area contributed by atoms with Gasteiger partial charge in [0.1, 0.15) is 24.3 Å². The second-order valence-corrected chi connectivity index (χ2v) is 12.2. The first-order chi connectivity index (χ1) is 22.7. The first kappa shape index (κ1) is 32.3. The number of piperidine rings is 1. The molecule has 6 rings (SSSR count). The second-order valence-electron chi connectivity index (χ2n) is 11.8. The predicted octanol–water partition coefficient (Wildman–Crippen LogP) is 7.20. The molecule has 0 unspecified atom stereocenters. The van der Waals surface area contributed by atoms with Crippen LogP contribution in [0.2, 0.25) is 5.02 Å². The average molecular weight is 658 g/mol. The summed E-state index contributed by atoms with van der Waals surface area (Å²) in [5, 5.41) is 9.61. The Labute approximate surface area is 277 Å². The Morgan fingerprint density at radius 3 is 2.70 bits per heavy atom. The van der Waals surface area contributed by atoms with E-state index in [-0.39, 0.29) is 18.5 Å². The van der Waals surface area contributed by atoms with E-state index in [0.717, 1.165) is 71.9 Å². The van der Waals surface area contributed by atoms with Gasteiger partial charge in [0.15, 0.2) is 11.6 Å². The van der Waals surface area contributed by atoms with Crippen LogP contribution in [0.25, 0.3) is 16.6 Å². The van der Waals surface area contributed by atoms with Crippen molar-refractivity contribution < 1.29 is 23.8 Å². The van der Waals surface area contributed by atoms with E-state index in [1.54, 1.807) is 6.07 Å². The van der Waals surface area contributed by atoms with Gasteiger partial charge < -0.3 is 23.7 Å². The van der Waals surface area contributed by atoms with E-state index in [9.17, 15) is 14.3 Å². The number of fused-ring (bicyclic) bond motifs is 1. The standard InChI is InChI=1S/C36H37ClFN5O4/c1-3-42-23-39-19-28(42)20-43-33-17-26(24(2)15-36(44)45)7-9-32(33)40-35(43)21-41-13-11-29(12-14-41)47-30-6-4-5-25(16-30)22-46-34-10-8-27(37)18-31(34)38/h4-10,15-19,23,29H,3,11-14,20-22H2,1-2H3,(H,44,45)/b24-15+. The lowest BCUT2D eigenvalue weighted by atomic mass is 10.1. The molecular formula is C36H37ClFN5O4. The molecule has 9 nitrogen and oxygen atoms in total. The highest BCUT2D eigenvalue weighted by Crippen LogP contribution is 2.27. The molecule has 47 heavy (non-hydrogen) atoms. The lowest BCUT2D eigenvalue weighted by molar-refractivity contribution is -0.131. The molecule has 11 heteroatoms. The highest BCUT2D eigenvalue weighted by molar-refractivity contribution is 6.30. The molecule has 3 heterocycles. The van der Waals surface area contributed by atoms with Crippen LogP contribution >= 0.6 is 11.6 Å². The number of benzene rings is 3. The SMILES string of the molecule is CCn1cncc1Cn1c(CN2CCC(Oc3cccc(COc4ccc(Cl)cc4F)c3)CC2)nc2ccc(/C(C)=C/C(=O)O)cc21. The molecule has 1 aliphatic rings. The number of ether oxygens (including phenoxy) is 2. The largest absolute Gasteiger partial charge is 0.490 e. The Morgan fingerprint density at radius 2 is 1.94 bits per heavy atom. The molecule has 0 radical (unpaired) electrons. The molecule has 3 aromatic carbocycles. The van der Waals surface area contributed by atoms with Gasteiger partial charge in [-0.3, -0.25) is 4.90 Å². The summed E-state index contributed by atoms with van der Waals surface area (Å²) in [6, 6.07) is 18.0. The van der Waals surface area contributed by atoms with Crippen molar-refractivity contribution in [1.82, 2.24) is 24.0 Å². The maximum Gasteiger partial charge on any atom is 0.328 e. The number of imidazole rings is 2. The zero-order valence-corrected chi connectivity index (χ0v) is 27.2. The first-order valence-corrected chi connectivity index (χ1v) is 16.1. The lowest BCUT2D eigenvalue weighted by Gasteiger charge is -2.32. The number of nitrogens with zero attached hydrogens (tertiary/aromatic N) is 5. The van der Waals surface area contributed by atoms with E-state index in [4.69, 9.17) is 26.1 Å². The number of carbonyl (C=O) groups is 1. The Kier molecular flexibility index (Phi) is 9.89. The van der Waals surface area contributed by atoms with E-state index in [2.05, 4.69) is 25.9 Å². The summed E-state index contributed by atoms with van der Waals surface area (Å²) in [5.41, 5.74) is 5.32. The first-order valence-electron chi connectivity index (χ1n) is 15.7. The monoisotopic (exact) mass is 657 g/mol. The fraction of sp³-hybridized carbons (Fsp3) is 0.306. The molecule has 0 saturated carbocycles. The molecule has 1 aliphatic heterocycles. The summed E-state index contributed by atoms with van der Waals surface area (Å²) in [6.07, 6.45) is 6.75. The number of hydrogen-bond acceptors (Lipinski definition) is 6. The van der Waals surface area contributed by atoms with Gasteiger partial charge in [-0.25, -0.2) is 19.2 Å². The summed E-state index contributed by atoms with van der Waals surface area (Å²) < 4.78 is 30.5. The molecular weight excluding hydrogens is 621 g/mol. The maximum absolute atomic E-state index is 14.1. The van der Waals surface area contributed by atoms with Crippen molar-refractivity contribution in [3.05, 3.63) is 113 Å². The Hall–Kier alpha value is -4.67. The topological polar surface area (TPSA) is 94.6 Å². The van der Waals surface area contributed by atoms with Gasteiger partial charge in [0.2, 0.25) is 0 Å². The second kappa shape index (κ2) is 14.4. The van der Waals surface area contributed by atoms with Crippen LogP contribution in [0.15, 0.2) is 79.3 Å². The van der Waals surface area contributed by atoms with Crippen molar-refractivity contribution in [2.45, 2.75) is 59.0 Å². The number of halogens is 2. The van der Waals surface area contributed by atoms with Gasteiger partial charge in [0, 0.05) is 36.9 Å². The summed E-state index contributed by atoms with van der Waals surface area (Å²) in [6.45, 7) is 7.91.